The molecule has 4 amide bonds. The zero-order valence-corrected chi connectivity index (χ0v) is 19.4. The molecule has 2 heterocycles. The van der Waals surface area contributed by atoms with Gasteiger partial charge in [0.15, 0.2) is 0 Å². The third kappa shape index (κ3) is 4.17. The van der Waals surface area contributed by atoms with Gasteiger partial charge in [0.05, 0.1) is 11.1 Å². The van der Waals surface area contributed by atoms with Gasteiger partial charge in [-0.05, 0) is 37.5 Å². The van der Waals surface area contributed by atoms with E-state index in [9.17, 15) is 19.2 Å². The minimum Gasteiger partial charge on any atom is -0.340 e. The van der Waals surface area contributed by atoms with Crippen LogP contribution in [0.2, 0.25) is 0 Å². The zero-order chi connectivity index (χ0) is 23.0. The SMILES string of the molecule is CC(C)(C)C(=O)N1CCCN(C(=O)c2ccc3c(c2)C(=O)N(C2CCCCC2)C3=O)CC1. The highest BCUT2D eigenvalue weighted by Crippen LogP contribution is 2.31. The van der Waals surface area contributed by atoms with Crippen molar-refractivity contribution in [3.05, 3.63) is 34.9 Å². The highest BCUT2D eigenvalue weighted by atomic mass is 16.2. The molecule has 1 aromatic rings. The molecule has 2 aliphatic heterocycles. The molecule has 0 unspecified atom stereocenters. The number of carbonyl (C=O) groups is 4. The number of benzene rings is 1. The lowest BCUT2D eigenvalue weighted by atomic mass is 9.94. The molecule has 0 radical (unpaired) electrons. The molecule has 7 nitrogen and oxygen atoms in total. The molecule has 0 spiro atoms. The summed E-state index contributed by atoms with van der Waals surface area (Å²) >= 11 is 0. The van der Waals surface area contributed by atoms with Crippen LogP contribution in [0.15, 0.2) is 18.2 Å². The molecule has 172 valence electrons. The van der Waals surface area contributed by atoms with Crippen molar-refractivity contribution in [3.8, 4) is 0 Å². The molecule has 7 heteroatoms. The van der Waals surface area contributed by atoms with Gasteiger partial charge in [-0.3, -0.25) is 24.1 Å². The molecule has 0 N–H and O–H groups in total. The van der Waals surface area contributed by atoms with Crippen molar-refractivity contribution in [2.75, 3.05) is 26.2 Å². The van der Waals surface area contributed by atoms with E-state index < -0.39 is 5.41 Å². The Balaban J connectivity index is 1.48. The van der Waals surface area contributed by atoms with E-state index in [1.54, 1.807) is 23.1 Å². The summed E-state index contributed by atoms with van der Waals surface area (Å²) in [5.74, 6) is -0.572. The number of rotatable bonds is 2. The van der Waals surface area contributed by atoms with Gasteiger partial charge in [-0.2, -0.15) is 0 Å². The van der Waals surface area contributed by atoms with Crippen molar-refractivity contribution in [2.24, 2.45) is 5.41 Å². The summed E-state index contributed by atoms with van der Waals surface area (Å²) in [7, 11) is 0. The van der Waals surface area contributed by atoms with Crippen molar-refractivity contribution in [3.63, 3.8) is 0 Å². The van der Waals surface area contributed by atoms with E-state index in [1.807, 2.05) is 25.7 Å². The summed E-state index contributed by atoms with van der Waals surface area (Å²) in [5, 5.41) is 0. The molecule has 0 bridgehead atoms. The van der Waals surface area contributed by atoms with E-state index in [-0.39, 0.29) is 29.7 Å². The topological polar surface area (TPSA) is 78.0 Å². The number of hydrogen-bond donors (Lipinski definition) is 0. The van der Waals surface area contributed by atoms with Gasteiger partial charge in [0, 0.05) is 43.2 Å². The average molecular weight is 440 g/mol. The van der Waals surface area contributed by atoms with Crippen LogP contribution in [0.3, 0.4) is 0 Å². The number of amides is 4. The van der Waals surface area contributed by atoms with Gasteiger partial charge in [0.1, 0.15) is 0 Å². The van der Waals surface area contributed by atoms with E-state index in [4.69, 9.17) is 0 Å². The van der Waals surface area contributed by atoms with Crippen LogP contribution in [0.1, 0.15) is 90.4 Å². The number of fused-ring (bicyclic) bond motifs is 1. The summed E-state index contributed by atoms with van der Waals surface area (Å²) in [5.41, 5.74) is 0.711. The minimum absolute atomic E-state index is 0.0350. The van der Waals surface area contributed by atoms with Crippen LogP contribution in [0.4, 0.5) is 0 Å². The Morgan fingerprint density at radius 2 is 1.44 bits per heavy atom. The molecule has 1 aliphatic carbocycles. The van der Waals surface area contributed by atoms with E-state index in [1.165, 1.54) is 4.90 Å². The third-order valence-electron chi connectivity index (χ3n) is 6.82. The number of imide groups is 1. The molecule has 3 aliphatic rings. The van der Waals surface area contributed by atoms with Crippen LogP contribution >= 0.6 is 0 Å². The number of nitrogens with zero attached hydrogens (tertiary/aromatic N) is 3. The van der Waals surface area contributed by atoms with Crippen molar-refractivity contribution >= 4 is 23.6 Å². The molecule has 32 heavy (non-hydrogen) atoms. The Morgan fingerprint density at radius 3 is 2.12 bits per heavy atom. The van der Waals surface area contributed by atoms with Gasteiger partial charge in [-0.1, -0.05) is 40.0 Å². The van der Waals surface area contributed by atoms with Gasteiger partial charge in [-0.25, -0.2) is 0 Å². The van der Waals surface area contributed by atoms with Crippen LogP contribution in [0, 0.1) is 5.41 Å². The Hall–Kier alpha value is -2.70. The summed E-state index contributed by atoms with van der Waals surface area (Å²) in [4.78, 5) is 56.8. The first-order valence-electron chi connectivity index (χ1n) is 11.8. The predicted molar refractivity (Wildman–Crippen MR) is 120 cm³/mol. The largest absolute Gasteiger partial charge is 0.340 e. The first kappa shape index (κ1) is 22.5. The highest BCUT2D eigenvalue weighted by molar-refractivity contribution is 6.22. The van der Waals surface area contributed by atoms with Gasteiger partial charge < -0.3 is 9.80 Å². The molecular formula is C25H33N3O4. The molecule has 0 atom stereocenters. The summed E-state index contributed by atoms with van der Waals surface area (Å²) in [6.07, 6.45) is 5.64. The fourth-order valence-corrected chi connectivity index (χ4v) is 5.04. The van der Waals surface area contributed by atoms with Crippen molar-refractivity contribution in [2.45, 2.75) is 65.3 Å². The van der Waals surface area contributed by atoms with Crippen LogP contribution in [0.5, 0.6) is 0 Å². The fraction of sp³-hybridized carbons (Fsp3) is 0.600. The first-order valence-corrected chi connectivity index (χ1v) is 11.8. The molecule has 1 saturated carbocycles. The average Bonchev–Trinajstić information content (AvgIpc) is 2.92. The Kier molecular flexibility index (Phi) is 6.10. The Morgan fingerprint density at radius 1 is 0.812 bits per heavy atom. The molecule has 4 rings (SSSR count). The summed E-state index contributed by atoms with van der Waals surface area (Å²) in [6, 6.07) is 4.83. The molecule has 1 aromatic carbocycles. The maximum atomic E-state index is 13.2. The molecular weight excluding hydrogens is 406 g/mol. The molecule has 1 saturated heterocycles. The summed E-state index contributed by atoms with van der Waals surface area (Å²) < 4.78 is 0. The normalized spacial score (nSPS) is 20.4. The van der Waals surface area contributed by atoms with Crippen LogP contribution < -0.4 is 0 Å². The third-order valence-corrected chi connectivity index (χ3v) is 6.82. The van der Waals surface area contributed by atoms with Gasteiger partial charge in [0.25, 0.3) is 17.7 Å². The second kappa shape index (κ2) is 8.68. The van der Waals surface area contributed by atoms with E-state index in [2.05, 4.69) is 0 Å². The van der Waals surface area contributed by atoms with Gasteiger partial charge in [0.2, 0.25) is 5.91 Å². The van der Waals surface area contributed by atoms with Crippen LogP contribution in [-0.2, 0) is 4.79 Å². The lowest BCUT2D eigenvalue weighted by Gasteiger charge is -2.29. The first-order chi connectivity index (χ1) is 15.2. The minimum atomic E-state index is -0.448. The maximum Gasteiger partial charge on any atom is 0.261 e. The van der Waals surface area contributed by atoms with Gasteiger partial charge in [-0.15, -0.1) is 0 Å². The fourth-order valence-electron chi connectivity index (χ4n) is 5.04. The lowest BCUT2D eigenvalue weighted by molar-refractivity contribution is -0.139. The van der Waals surface area contributed by atoms with Gasteiger partial charge >= 0.3 is 0 Å². The second-order valence-electron chi connectivity index (χ2n) is 10.2. The van der Waals surface area contributed by atoms with E-state index in [0.29, 0.717) is 49.3 Å². The highest BCUT2D eigenvalue weighted by Gasteiger charge is 2.40. The zero-order valence-electron chi connectivity index (χ0n) is 19.4. The van der Waals surface area contributed by atoms with Crippen molar-refractivity contribution in [1.82, 2.24) is 14.7 Å². The van der Waals surface area contributed by atoms with E-state index >= 15 is 0 Å². The Labute approximate surface area is 189 Å². The van der Waals surface area contributed by atoms with Crippen LogP contribution in [0.25, 0.3) is 0 Å². The second-order valence-corrected chi connectivity index (χ2v) is 10.2. The standard InChI is InChI=1S/C25H33N3O4/c1-25(2,3)24(32)27-13-7-12-26(14-15-27)21(29)17-10-11-19-20(16-17)23(31)28(22(19)30)18-8-5-4-6-9-18/h10-11,16,18H,4-9,12-15H2,1-3H3. The van der Waals surface area contributed by atoms with Crippen molar-refractivity contribution in [1.29, 1.82) is 0 Å². The number of carbonyl (C=O) groups excluding carboxylic acids is 4. The molecule has 0 aromatic heterocycles. The monoisotopic (exact) mass is 439 g/mol. The van der Waals surface area contributed by atoms with Crippen LogP contribution in [-0.4, -0.2) is 70.5 Å². The quantitative estimate of drug-likeness (QED) is 0.662. The number of hydrogen-bond acceptors (Lipinski definition) is 4. The molecule has 2 fully saturated rings. The smallest absolute Gasteiger partial charge is 0.261 e. The van der Waals surface area contributed by atoms with E-state index in [0.717, 1.165) is 32.1 Å². The summed E-state index contributed by atoms with van der Waals surface area (Å²) in [6.45, 7) is 7.87. The Bertz CT molecular complexity index is 943. The maximum absolute atomic E-state index is 13.2. The predicted octanol–water partition coefficient (Wildman–Crippen LogP) is 3.34. The lowest BCUT2D eigenvalue weighted by Crippen LogP contribution is -2.42. The van der Waals surface area contributed by atoms with Crippen molar-refractivity contribution < 1.29 is 19.2 Å².